The largest absolute Gasteiger partial charge is 0.478 e. The lowest BCUT2D eigenvalue weighted by Crippen LogP contribution is -2.54. The molecule has 0 spiro atoms. The molecule has 1 aliphatic heterocycles. The number of aryl methyl sites for hydroxylation is 2. The Balaban J connectivity index is 1.76. The fraction of sp³-hybridized carbons (Fsp3) is 0.115. The molecule has 9 nitrogen and oxygen atoms in total. The number of rotatable bonds is 5. The Morgan fingerprint density at radius 1 is 0.917 bits per heavy atom. The van der Waals surface area contributed by atoms with Crippen molar-refractivity contribution in [2.75, 3.05) is 4.90 Å². The molecule has 1 aliphatic rings. The van der Waals surface area contributed by atoms with Crippen molar-refractivity contribution < 1.29 is 29.4 Å². The predicted molar refractivity (Wildman–Crippen MR) is 137 cm³/mol. The summed E-state index contributed by atoms with van der Waals surface area (Å²) in [5.74, 6) is -3.46. The normalized spacial score (nSPS) is 14.8. The molecule has 0 atom stereocenters. The van der Waals surface area contributed by atoms with Crippen molar-refractivity contribution >= 4 is 52.8 Å². The molecule has 0 radical (unpaired) electrons. The smallest absolute Gasteiger partial charge is 0.335 e. The Morgan fingerprint density at radius 2 is 1.53 bits per heavy atom. The van der Waals surface area contributed by atoms with E-state index in [1.807, 2.05) is 25.3 Å². The van der Waals surface area contributed by atoms with Gasteiger partial charge in [-0.25, -0.2) is 9.59 Å². The van der Waals surface area contributed by atoms with E-state index in [-0.39, 0.29) is 21.8 Å². The number of hydrogen-bond donors (Lipinski definition) is 3. The monoisotopic (exact) mass is 503 g/mol. The van der Waals surface area contributed by atoms with Crippen LogP contribution in [0, 0.1) is 20.8 Å². The molecular formula is C26H21N3O6S. The van der Waals surface area contributed by atoms with E-state index in [1.54, 1.807) is 18.2 Å². The van der Waals surface area contributed by atoms with Crippen LogP contribution >= 0.6 is 12.2 Å². The maximum atomic E-state index is 13.3. The van der Waals surface area contributed by atoms with Crippen LogP contribution in [0.15, 0.2) is 54.1 Å². The number of nitrogens with one attached hydrogen (secondary N) is 1. The van der Waals surface area contributed by atoms with Crippen LogP contribution < -0.4 is 10.2 Å². The molecule has 10 heteroatoms. The zero-order valence-corrected chi connectivity index (χ0v) is 20.3. The number of nitrogens with zero attached hydrogens (tertiary/aromatic N) is 2. The predicted octanol–water partition coefficient (Wildman–Crippen LogP) is 3.63. The van der Waals surface area contributed by atoms with Gasteiger partial charge in [-0.05, 0) is 92.7 Å². The SMILES string of the molecule is Cc1ccc(C(=O)O)cc1-n1c(C)cc(/C=C2\C(=O)NC(=S)N(c3ccc(C(=O)O)cc3)C2=O)c1C. The van der Waals surface area contributed by atoms with Crippen LogP contribution in [0.2, 0.25) is 0 Å². The summed E-state index contributed by atoms with van der Waals surface area (Å²) in [4.78, 5) is 49.8. The Morgan fingerprint density at radius 3 is 2.14 bits per heavy atom. The van der Waals surface area contributed by atoms with Gasteiger partial charge in [0.1, 0.15) is 5.57 Å². The average Bonchev–Trinajstić information content (AvgIpc) is 3.09. The third kappa shape index (κ3) is 4.29. The molecule has 0 aliphatic carbocycles. The summed E-state index contributed by atoms with van der Waals surface area (Å²) >= 11 is 5.20. The topological polar surface area (TPSA) is 129 Å². The number of carbonyl (C=O) groups excluding carboxylic acids is 2. The Hall–Kier alpha value is -4.57. The van der Waals surface area contributed by atoms with E-state index in [0.717, 1.165) is 16.2 Å². The van der Waals surface area contributed by atoms with Gasteiger partial charge in [0.05, 0.1) is 16.8 Å². The van der Waals surface area contributed by atoms with Crippen LogP contribution in [-0.4, -0.2) is 43.6 Å². The minimum Gasteiger partial charge on any atom is -0.478 e. The number of aromatic carboxylic acids is 2. The lowest BCUT2D eigenvalue weighted by molar-refractivity contribution is -0.122. The van der Waals surface area contributed by atoms with E-state index in [0.29, 0.717) is 22.6 Å². The number of benzene rings is 2. The summed E-state index contributed by atoms with van der Waals surface area (Å²) in [6.45, 7) is 5.52. The van der Waals surface area contributed by atoms with E-state index >= 15 is 0 Å². The molecule has 3 aromatic rings. The first kappa shape index (κ1) is 24.6. The number of aromatic nitrogens is 1. The number of carbonyl (C=O) groups is 4. The molecule has 1 saturated heterocycles. The highest BCUT2D eigenvalue weighted by atomic mass is 32.1. The standard InChI is InChI=1S/C26H21N3O6S/c1-13-4-5-17(25(34)35)12-21(13)28-14(2)10-18(15(28)3)11-20-22(30)27-26(36)29(23(20)31)19-8-6-16(7-9-19)24(32)33/h4-12H,1-3H3,(H,32,33)(H,34,35)(H,27,30,36)/b20-11+. The first-order valence-corrected chi connectivity index (χ1v) is 11.2. The fourth-order valence-corrected chi connectivity index (χ4v) is 4.37. The van der Waals surface area contributed by atoms with Gasteiger partial charge in [0.2, 0.25) is 0 Å². The van der Waals surface area contributed by atoms with Crippen LogP contribution in [0.4, 0.5) is 5.69 Å². The molecule has 3 N–H and O–H groups in total. The van der Waals surface area contributed by atoms with Gasteiger partial charge in [-0.1, -0.05) is 6.07 Å². The van der Waals surface area contributed by atoms with E-state index in [2.05, 4.69) is 5.32 Å². The second-order valence-electron chi connectivity index (χ2n) is 8.28. The molecule has 36 heavy (non-hydrogen) atoms. The van der Waals surface area contributed by atoms with Crippen LogP contribution in [0.3, 0.4) is 0 Å². The van der Waals surface area contributed by atoms with Gasteiger partial charge < -0.3 is 14.8 Å². The van der Waals surface area contributed by atoms with Gasteiger partial charge in [0.25, 0.3) is 11.8 Å². The summed E-state index contributed by atoms with van der Waals surface area (Å²) in [5.41, 5.74) is 3.97. The average molecular weight is 504 g/mol. The third-order valence-electron chi connectivity index (χ3n) is 5.94. The molecule has 2 heterocycles. The Kier molecular flexibility index (Phi) is 6.30. The Labute approximate surface area is 211 Å². The van der Waals surface area contributed by atoms with Gasteiger partial charge in [-0.15, -0.1) is 0 Å². The first-order valence-electron chi connectivity index (χ1n) is 10.8. The van der Waals surface area contributed by atoms with Crippen molar-refractivity contribution in [3.8, 4) is 5.69 Å². The molecule has 2 amide bonds. The lowest BCUT2D eigenvalue weighted by Gasteiger charge is -2.29. The van der Waals surface area contributed by atoms with Crippen molar-refractivity contribution in [1.82, 2.24) is 9.88 Å². The van der Waals surface area contributed by atoms with Crippen molar-refractivity contribution in [3.05, 3.63) is 87.7 Å². The van der Waals surface area contributed by atoms with Crippen molar-refractivity contribution in [3.63, 3.8) is 0 Å². The van der Waals surface area contributed by atoms with Gasteiger partial charge in [0.15, 0.2) is 5.11 Å². The number of thiocarbonyl (C=S) groups is 1. The van der Waals surface area contributed by atoms with Gasteiger partial charge in [0, 0.05) is 17.1 Å². The summed E-state index contributed by atoms with van der Waals surface area (Å²) < 4.78 is 1.87. The van der Waals surface area contributed by atoms with Crippen molar-refractivity contribution in [2.45, 2.75) is 20.8 Å². The summed E-state index contributed by atoms with van der Waals surface area (Å²) in [7, 11) is 0. The molecule has 1 fully saturated rings. The zero-order valence-electron chi connectivity index (χ0n) is 19.5. The molecule has 0 unspecified atom stereocenters. The van der Waals surface area contributed by atoms with Gasteiger partial charge in [-0.2, -0.15) is 0 Å². The third-order valence-corrected chi connectivity index (χ3v) is 6.23. The second-order valence-corrected chi connectivity index (χ2v) is 8.66. The summed E-state index contributed by atoms with van der Waals surface area (Å²) in [5, 5.41) is 20.9. The highest BCUT2D eigenvalue weighted by molar-refractivity contribution is 7.80. The Bertz CT molecular complexity index is 1500. The van der Waals surface area contributed by atoms with Crippen LogP contribution in [0.1, 0.15) is 43.2 Å². The number of amides is 2. The zero-order chi connectivity index (χ0) is 26.3. The highest BCUT2D eigenvalue weighted by Gasteiger charge is 2.35. The molecular weight excluding hydrogens is 482 g/mol. The maximum absolute atomic E-state index is 13.3. The van der Waals surface area contributed by atoms with Gasteiger partial charge >= 0.3 is 11.9 Å². The van der Waals surface area contributed by atoms with E-state index < -0.39 is 23.8 Å². The second kappa shape index (κ2) is 9.23. The number of anilines is 1. The van der Waals surface area contributed by atoms with Crippen molar-refractivity contribution in [2.24, 2.45) is 0 Å². The summed E-state index contributed by atoms with van der Waals surface area (Å²) in [6, 6.07) is 12.2. The quantitative estimate of drug-likeness (QED) is 0.275. The number of carboxylic acid groups (broad SMARTS) is 2. The van der Waals surface area contributed by atoms with Crippen LogP contribution in [-0.2, 0) is 9.59 Å². The molecule has 182 valence electrons. The molecule has 1 aromatic heterocycles. The molecule has 0 bridgehead atoms. The van der Waals surface area contributed by atoms with E-state index in [9.17, 15) is 24.3 Å². The van der Waals surface area contributed by atoms with Crippen LogP contribution in [0.5, 0.6) is 0 Å². The van der Waals surface area contributed by atoms with Crippen molar-refractivity contribution in [1.29, 1.82) is 0 Å². The fourth-order valence-electron chi connectivity index (χ4n) is 4.09. The van der Waals surface area contributed by atoms with Crippen LogP contribution in [0.25, 0.3) is 11.8 Å². The minimum absolute atomic E-state index is 0.0450. The van der Waals surface area contributed by atoms with Gasteiger partial charge in [-0.3, -0.25) is 19.8 Å². The van der Waals surface area contributed by atoms with E-state index in [4.69, 9.17) is 17.3 Å². The molecule has 2 aromatic carbocycles. The highest BCUT2D eigenvalue weighted by Crippen LogP contribution is 2.28. The minimum atomic E-state index is -1.11. The lowest BCUT2D eigenvalue weighted by atomic mass is 10.1. The van der Waals surface area contributed by atoms with E-state index in [1.165, 1.54) is 36.4 Å². The first-order chi connectivity index (χ1) is 17.0. The number of hydrogen-bond acceptors (Lipinski definition) is 5. The molecule has 4 rings (SSSR count). The number of carboxylic acids is 2. The molecule has 0 saturated carbocycles. The maximum Gasteiger partial charge on any atom is 0.335 e. The summed E-state index contributed by atoms with van der Waals surface area (Å²) in [6.07, 6.45) is 1.47.